The molecule has 1 aromatic carbocycles. The van der Waals surface area contributed by atoms with E-state index in [1.165, 1.54) is 24.0 Å². The van der Waals surface area contributed by atoms with Gasteiger partial charge in [-0.15, -0.1) is 0 Å². The molecule has 2 heterocycles. The number of benzene rings is 1. The van der Waals surface area contributed by atoms with E-state index in [9.17, 15) is 14.4 Å². The summed E-state index contributed by atoms with van der Waals surface area (Å²) < 4.78 is 15.2. The molecule has 0 N–H and O–H groups in total. The third-order valence-corrected chi connectivity index (χ3v) is 8.86. The van der Waals surface area contributed by atoms with Gasteiger partial charge in [0, 0.05) is 43.9 Å². The van der Waals surface area contributed by atoms with Crippen molar-refractivity contribution < 1.29 is 28.6 Å². The van der Waals surface area contributed by atoms with E-state index in [4.69, 9.17) is 9.47 Å². The summed E-state index contributed by atoms with van der Waals surface area (Å²) in [5.74, 6) is -1.56. The fraction of sp³-hybridized carbons (Fsp3) is 0.455. The van der Waals surface area contributed by atoms with Crippen LogP contribution >= 0.6 is 11.8 Å². The first-order valence-electron chi connectivity index (χ1n) is 14.6. The maximum atomic E-state index is 13.4. The van der Waals surface area contributed by atoms with Crippen LogP contribution in [0.3, 0.4) is 0 Å². The predicted octanol–water partition coefficient (Wildman–Crippen LogP) is 5.58. The number of thioether (sulfide) groups is 1. The number of allylic oxidation sites excluding steroid dienone is 2. The van der Waals surface area contributed by atoms with Crippen LogP contribution in [0.25, 0.3) is 4.91 Å². The number of piperidine rings is 1. The maximum Gasteiger partial charge on any atom is 0.397 e. The fourth-order valence-corrected chi connectivity index (χ4v) is 6.03. The average molecular weight is 610 g/mol. The second kappa shape index (κ2) is 17.7. The Kier molecular flexibility index (Phi) is 14.1. The molecule has 1 aliphatic rings. The van der Waals surface area contributed by atoms with Crippen molar-refractivity contribution in [1.82, 2.24) is 9.88 Å². The molecule has 3 rings (SSSR count). The van der Waals surface area contributed by atoms with Crippen molar-refractivity contribution in [1.29, 1.82) is 0 Å². The first-order chi connectivity index (χ1) is 20.8. The summed E-state index contributed by atoms with van der Waals surface area (Å²) in [6, 6.07) is 12.8. The van der Waals surface area contributed by atoms with Gasteiger partial charge in [0.25, 0.3) is 0 Å². The average Bonchev–Trinajstić information content (AvgIpc) is 3.06. The maximum absolute atomic E-state index is 13.4. The third kappa shape index (κ3) is 9.86. The van der Waals surface area contributed by atoms with Crippen LogP contribution in [0.1, 0.15) is 55.6 Å². The van der Waals surface area contributed by atoms with E-state index >= 15 is 0 Å². The van der Waals surface area contributed by atoms with Gasteiger partial charge in [-0.05, 0) is 81.3 Å². The van der Waals surface area contributed by atoms with E-state index in [-0.39, 0.29) is 12.3 Å². The summed E-state index contributed by atoms with van der Waals surface area (Å²) in [6.07, 6.45) is 8.46. The molecule has 0 atom stereocenters. The van der Waals surface area contributed by atoms with Crippen LogP contribution in [0.4, 0.5) is 5.69 Å². The van der Waals surface area contributed by atoms with E-state index in [0.29, 0.717) is 23.6 Å². The molecule has 1 amide bonds. The number of rotatable bonds is 14. The summed E-state index contributed by atoms with van der Waals surface area (Å²) >= 11 is 1.76. The zero-order valence-corrected chi connectivity index (χ0v) is 26.6. The van der Waals surface area contributed by atoms with Crippen molar-refractivity contribution in [2.45, 2.75) is 45.8 Å². The van der Waals surface area contributed by atoms with E-state index in [2.05, 4.69) is 33.7 Å². The number of pyridine rings is 1. The number of ketones is 1. The minimum absolute atomic E-state index is 0.0758. The Bertz CT molecular complexity index is 1270. The van der Waals surface area contributed by atoms with Crippen LogP contribution in [0.2, 0.25) is 0 Å². The number of hydrogen-bond donors (Lipinski definition) is 0. The van der Waals surface area contributed by atoms with Gasteiger partial charge < -0.3 is 14.2 Å². The van der Waals surface area contributed by atoms with Crippen molar-refractivity contribution in [3.05, 3.63) is 77.0 Å². The second-order valence-corrected chi connectivity index (χ2v) is 11.4. The lowest BCUT2D eigenvalue weighted by atomic mass is 9.90. The van der Waals surface area contributed by atoms with Gasteiger partial charge in [-0.25, -0.2) is 4.79 Å². The van der Waals surface area contributed by atoms with Crippen LogP contribution in [-0.2, 0) is 23.8 Å². The van der Waals surface area contributed by atoms with Gasteiger partial charge in [-0.1, -0.05) is 42.1 Å². The molecule has 0 aliphatic carbocycles. The number of Topliss-reactive ketones (excluding diaryl/α,β-unsaturated/α-hetero) is 1. The molecular formula is C33H43N3O6S. The summed E-state index contributed by atoms with van der Waals surface area (Å²) in [5.41, 5.74) is 1.69. The summed E-state index contributed by atoms with van der Waals surface area (Å²) in [5, 5.41) is 0. The number of esters is 1. The van der Waals surface area contributed by atoms with Crippen molar-refractivity contribution in [2.24, 2.45) is 5.92 Å². The monoisotopic (exact) mass is 609 g/mol. The van der Waals surface area contributed by atoms with Gasteiger partial charge in [0.05, 0.1) is 25.0 Å². The molecule has 9 nitrogen and oxygen atoms in total. The number of aromatic nitrogens is 1. The molecule has 1 aromatic heterocycles. The lowest BCUT2D eigenvalue weighted by molar-refractivity contribution is -0.152. The highest BCUT2D eigenvalue weighted by molar-refractivity contribution is 8.11. The van der Waals surface area contributed by atoms with Gasteiger partial charge in [-0.3, -0.25) is 24.4 Å². The number of nitrogens with zero attached hydrogens (tertiary/aromatic N) is 3. The highest BCUT2D eigenvalue weighted by Crippen LogP contribution is 2.34. The highest BCUT2D eigenvalue weighted by Gasteiger charge is 2.30. The van der Waals surface area contributed by atoms with Gasteiger partial charge in [-0.2, -0.15) is 0 Å². The Morgan fingerprint density at radius 3 is 2.33 bits per heavy atom. The standard InChI is InChI=1S/C33H43N3O6S/c1-6-25(43-30(7-2)27-13-10-11-19-34-27)22-35-20-17-24(18-21-35)15-16-29(37)26-12-8-9-14-28(26)36(23-31(40-3)41-4)32(38)33(39)42-5/h6-14,19,24,31H,15-18,20-23H2,1-5H3/b25-6-,30-7-. The predicted molar refractivity (Wildman–Crippen MR) is 171 cm³/mol. The zero-order chi connectivity index (χ0) is 31.2. The number of hydrogen-bond acceptors (Lipinski definition) is 9. The van der Waals surface area contributed by atoms with Gasteiger partial charge >= 0.3 is 11.9 Å². The van der Waals surface area contributed by atoms with Crippen molar-refractivity contribution in [2.75, 3.05) is 52.4 Å². The molecule has 0 radical (unpaired) electrons. The third-order valence-electron chi connectivity index (χ3n) is 7.57. The molecule has 1 fully saturated rings. The summed E-state index contributed by atoms with van der Waals surface area (Å²) in [6.45, 7) is 6.87. The molecule has 10 heteroatoms. The molecule has 0 saturated carbocycles. The van der Waals surface area contributed by atoms with Crippen LogP contribution in [0, 0.1) is 5.92 Å². The number of carbonyl (C=O) groups is 3. The molecule has 43 heavy (non-hydrogen) atoms. The number of ether oxygens (including phenoxy) is 3. The Morgan fingerprint density at radius 2 is 1.72 bits per heavy atom. The first kappa shape index (κ1) is 34.2. The van der Waals surface area contributed by atoms with Crippen molar-refractivity contribution in [3.63, 3.8) is 0 Å². The highest BCUT2D eigenvalue weighted by atomic mass is 32.2. The second-order valence-electron chi connectivity index (χ2n) is 10.2. The van der Waals surface area contributed by atoms with Crippen LogP contribution < -0.4 is 4.90 Å². The van der Waals surface area contributed by atoms with Gasteiger partial charge in [0.2, 0.25) is 0 Å². The van der Waals surface area contributed by atoms with Crippen molar-refractivity contribution >= 4 is 40.0 Å². The number of carbonyl (C=O) groups excluding carboxylic acids is 3. The van der Waals surface area contributed by atoms with E-state index in [1.807, 2.05) is 31.3 Å². The topological polar surface area (TPSA) is 98.3 Å². The van der Waals surface area contributed by atoms with Crippen LogP contribution in [-0.4, -0.2) is 81.3 Å². The minimum atomic E-state index is -1.03. The van der Waals surface area contributed by atoms with E-state index in [1.54, 1.807) is 36.0 Å². The Hall–Kier alpha value is -3.31. The minimum Gasteiger partial charge on any atom is -0.462 e. The number of amides is 1. The number of anilines is 1. The number of likely N-dealkylation sites (tertiary alicyclic amines) is 1. The van der Waals surface area contributed by atoms with Crippen LogP contribution in [0.5, 0.6) is 0 Å². The largest absolute Gasteiger partial charge is 0.462 e. The smallest absolute Gasteiger partial charge is 0.397 e. The summed E-state index contributed by atoms with van der Waals surface area (Å²) in [7, 11) is 4.03. The first-order valence-corrected chi connectivity index (χ1v) is 15.4. The van der Waals surface area contributed by atoms with Crippen LogP contribution in [0.15, 0.2) is 65.7 Å². The van der Waals surface area contributed by atoms with E-state index < -0.39 is 18.2 Å². The summed E-state index contributed by atoms with van der Waals surface area (Å²) in [4.78, 5) is 49.1. The molecule has 1 saturated heterocycles. The Labute approximate surface area is 259 Å². The molecule has 232 valence electrons. The fourth-order valence-electron chi connectivity index (χ4n) is 5.04. The molecule has 0 bridgehead atoms. The van der Waals surface area contributed by atoms with E-state index in [0.717, 1.165) is 56.6 Å². The molecule has 0 unspecified atom stereocenters. The molecular weight excluding hydrogens is 566 g/mol. The number of para-hydroxylation sites is 1. The molecule has 2 aromatic rings. The van der Waals surface area contributed by atoms with Crippen molar-refractivity contribution in [3.8, 4) is 0 Å². The SMILES string of the molecule is C/C=C(/CN1CCC(CCC(=O)c2ccccc2N(CC(OC)OC)C(=O)C(=O)OC)CC1)S/C(=C\C)c1ccccn1. The molecule has 0 spiro atoms. The Balaban J connectivity index is 1.58. The normalized spacial score (nSPS) is 15.0. The zero-order valence-electron chi connectivity index (χ0n) is 25.8. The van der Waals surface area contributed by atoms with Gasteiger partial charge in [0.15, 0.2) is 12.1 Å². The van der Waals surface area contributed by atoms with Gasteiger partial charge in [0.1, 0.15) is 0 Å². The number of methoxy groups -OCH3 is 3. The Morgan fingerprint density at radius 1 is 1.02 bits per heavy atom. The quantitative estimate of drug-likeness (QED) is 0.118. The lowest BCUT2D eigenvalue weighted by Crippen LogP contribution is -2.43. The lowest BCUT2D eigenvalue weighted by Gasteiger charge is -2.32. The molecule has 1 aliphatic heterocycles.